The molecule has 110 valence electrons. The number of carbonyl (C=O) groups is 2. The van der Waals surface area contributed by atoms with Crippen LogP contribution < -0.4 is 5.32 Å². The molecule has 0 aliphatic heterocycles. The number of hydrogen-bond acceptors (Lipinski definition) is 3. The van der Waals surface area contributed by atoms with E-state index in [1.165, 1.54) is 0 Å². The van der Waals surface area contributed by atoms with Crippen LogP contribution >= 0.6 is 0 Å². The minimum Gasteiger partial charge on any atom is -0.481 e. The van der Waals surface area contributed by atoms with Gasteiger partial charge in [-0.1, -0.05) is 13.0 Å². The molecule has 21 heavy (non-hydrogen) atoms. The van der Waals surface area contributed by atoms with Crippen molar-refractivity contribution in [3.05, 3.63) is 24.4 Å². The van der Waals surface area contributed by atoms with E-state index in [9.17, 15) is 14.7 Å². The van der Waals surface area contributed by atoms with Crippen molar-refractivity contribution in [2.24, 2.45) is 17.8 Å². The lowest BCUT2D eigenvalue weighted by Gasteiger charge is -2.15. The molecule has 2 aromatic rings. The van der Waals surface area contributed by atoms with E-state index in [4.69, 9.17) is 0 Å². The molecular weight excluding hydrogens is 270 g/mol. The van der Waals surface area contributed by atoms with Crippen molar-refractivity contribution in [2.45, 2.75) is 19.8 Å². The summed E-state index contributed by atoms with van der Waals surface area (Å²) in [6, 6.07) is 5.49. The van der Waals surface area contributed by atoms with Gasteiger partial charge in [-0.2, -0.15) is 5.10 Å². The van der Waals surface area contributed by atoms with Crippen LogP contribution in [0.4, 0.5) is 5.69 Å². The second-order valence-electron chi connectivity index (χ2n) is 5.75. The standard InChI is InChI=1S/C15H17N3O3/c1-8-5-9(10(6-8)15(20)21)14(19)17-12-3-2-4-13-11(12)7-16-18-13/h2-4,7-10H,5-6H2,1H3,(H,16,18)(H,17,19)(H,20,21). The van der Waals surface area contributed by atoms with Gasteiger partial charge in [-0.25, -0.2) is 0 Å². The average Bonchev–Trinajstić information content (AvgIpc) is 3.05. The van der Waals surface area contributed by atoms with E-state index in [1.807, 2.05) is 19.1 Å². The molecule has 3 atom stereocenters. The summed E-state index contributed by atoms with van der Waals surface area (Å²) in [4.78, 5) is 23.7. The number of hydrogen-bond donors (Lipinski definition) is 3. The predicted octanol–water partition coefficient (Wildman–Crippen LogP) is 2.25. The van der Waals surface area contributed by atoms with Crippen molar-refractivity contribution in [1.82, 2.24) is 10.2 Å². The largest absolute Gasteiger partial charge is 0.481 e. The number of carboxylic acids is 1. The Labute approximate surface area is 121 Å². The maximum atomic E-state index is 12.4. The van der Waals surface area contributed by atoms with Gasteiger partial charge in [-0.05, 0) is 30.9 Å². The summed E-state index contributed by atoms with van der Waals surface area (Å²) in [5.74, 6) is -1.92. The summed E-state index contributed by atoms with van der Waals surface area (Å²) < 4.78 is 0. The van der Waals surface area contributed by atoms with Gasteiger partial charge in [0.05, 0.1) is 29.2 Å². The van der Waals surface area contributed by atoms with Crippen molar-refractivity contribution in [3.63, 3.8) is 0 Å². The maximum absolute atomic E-state index is 12.4. The predicted molar refractivity (Wildman–Crippen MR) is 77.7 cm³/mol. The number of aliphatic carboxylic acids is 1. The third kappa shape index (κ3) is 2.49. The first kappa shape index (κ1) is 13.6. The summed E-state index contributed by atoms with van der Waals surface area (Å²) in [7, 11) is 0. The highest BCUT2D eigenvalue weighted by Gasteiger charge is 2.41. The Morgan fingerprint density at radius 1 is 1.33 bits per heavy atom. The fraction of sp³-hybridized carbons (Fsp3) is 0.400. The van der Waals surface area contributed by atoms with Gasteiger partial charge in [0, 0.05) is 5.39 Å². The van der Waals surface area contributed by atoms with Crippen LogP contribution in [-0.2, 0) is 9.59 Å². The van der Waals surface area contributed by atoms with Crippen LogP contribution in [0.1, 0.15) is 19.8 Å². The van der Waals surface area contributed by atoms with E-state index in [2.05, 4.69) is 15.5 Å². The Kier molecular flexibility index (Phi) is 3.37. The van der Waals surface area contributed by atoms with Gasteiger partial charge in [0.2, 0.25) is 5.91 Å². The number of benzene rings is 1. The molecule has 0 radical (unpaired) electrons. The van der Waals surface area contributed by atoms with E-state index in [0.29, 0.717) is 18.5 Å². The third-order valence-corrected chi connectivity index (χ3v) is 4.19. The Balaban J connectivity index is 1.83. The molecule has 3 unspecified atom stereocenters. The van der Waals surface area contributed by atoms with Crippen molar-refractivity contribution >= 4 is 28.5 Å². The van der Waals surface area contributed by atoms with Crippen molar-refractivity contribution in [1.29, 1.82) is 0 Å². The number of fused-ring (bicyclic) bond motifs is 1. The third-order valence-electron chi connectivity index (χ3n) is 4.19. The molecule has 6 nitrogen and oxygen atoms in total. The smallest absolute Gasteiger partial charge is 0.307 e. The van der Waals surface area contributed by atoms with Crippen molar-refractivity contribution in [2.75, 3.05) is 5.32 Å². The van der Waals surface area contributed by atoms with E-state index < -0.39 is 17.8 Å². The summed E-state index contributed by atoms with van der Waals surface area (Å²) in [6.07, 6.45) is 2.82. The van der Waals surface area contributed by atoms with Crippen LogP contribution in [0.15, 0.2) is 24.4 Å². The molecular formula is C15H17N3O3. The Morgan fingerprint density at radius 2 is 2.10 bits per heavy atom. The zero-order valence-electron chi connectivity index (χ0n) is 11.7. The number of aromatic nitrogens is 2. The zero-order valence-corrected chi connectivity index (χ0v) is 11.7. The summed E-state index contributed by atoms with van der Waals surface area (Å²) >= 11 is 0. The second-order valence-corrected chi connectivity index (χ2v) is 5.75. The SMILES string of the molecule is CC1CC(C(=O)O)C(C(=O)Nc2cccc3[nH]ncc23)C1. The summed E-state index contributed by atoms with van der Waals surface area (Å²) in [5, 5.41) is 19.7. The number of nitrogens with zero attached hydrogens (tertiary/aromatic N) is 1. The molecule has 1 heterocycles. The number of aromatic amines is 1. The Hall–Kier alpha value is -2.37. The summed E-state index contributed by atoms with van der Waals surface area (Å²) in [6.45, 7) is 1.99. The van der Waals surface area contributed by atoms with E-state index in [-0.39, 0.29) is 11.8 Å². The molecule has 1 amide bonds. The molecule has 0 spiro atoms. The molecule has 1 saturated carbocycles. The van der Waals surface area contributed by atoms with Gasteiger partial charge in [0.1, 0.15) is 0 Å². The van der Waals surface area contributed by atoms with Crippen LogP contribution in [0, 0.1) is 17.8 Å². The van der Waals surface area contributed by atoms with Crippen LogP contribution in [0.2, 0.25) is 0 Å². The van der Waals surface area contributed by atoms with Gasteiger partial charge < -0.3 is 10.4 Å². The highest BCUT2D eigenvalue weighted by atomic mass is 16.4. The fourth-order valence-electron chi connectivity index (χ4n) is 3.16. The molecule has 3 rings (SSSR count). The van der Waals surface area contributed by atoms with Crippen LogP contribution in [-0.4, -0.2) is 27.2 Å². The van der Waals surface area contributed by atoms with Crippen LogP contribution in [0.25, 0.3) is 10.9 Å². The zero-order chi connectivity index (χ0) is 15.0. The number of nitrogens with one attached hydrogen (secondary N) is 2. The lowest BCUT2D eigenvalue weighted by Crippen LogP contribution is -2.30. The van der Waals surface area contributed by atoms with Gasteiger partial charge in [0.15, 0.2) is 0 Å². The summed E-state index contributed by atoms with van der Waals surface area (Å²) in [5.41, 5.74) is 1.50. The van der Waals surface area contributed by atoms with E-state index in [0.717, 1.165) is 10.9 Å². The van der Waals surface area contributed by atoms with Crippen LogP contribution in [0.5, 0.6) is 0 Å². The fourth-order valence-corrected chi connectivity index (χ4v) is 3.16. The molecule has 3 N–H and O–H groups in total. The highest BCUT2D eigenvalue weighted by Crippen LogP contribution is 2.37. The van der Waals surface area contributed by atoms with E-state index in [1.54, 1.807) is 12.3 Å². The Bertz CT molecular complexity index is 694. The van der Waals surface area contributed by atoms with Gasteiger partial charge in [-0.15, -0.1) is 0 Å². The number of carboxylic acid groups (broad SMARTS) is 1. The number of H-pyrrole nitrogens is 1. The molecule has 1 fully saturated rings. The molecule has 1 aliphatic carbocycles. The minimum atomic E-state index is -0.888. The first-order valence-electron chi connectivity index (χ1n) is 7.02. The monoisotopic (exact) mass is 287 g/mol. The molecule has 0 bridgehead atoms. The van der Waals surface area contributed by atoms with Crippen molar-refractivity contribution < 1.29 is 14.7 Å². The quantitative estimate of drug-likeness (QED) is 0.806. The first-order chi connectivity index (χ1) is 10.1. The molecule has 6 heteroatoms. The number of carbonyl (C=O) groups excluding carboxylic acids is 1. The number of amides is 1. The lowest BCUT2D eigenvalue weighted by atomic mass is 9.95. The number of anilines is 1. The molecule has 1 aliphatic rings. The highest BCUT2D eigenvalue weighted by molar-refractivity contribution is 6.02. The van der Waals surface area contributed by atoms with Crippen LogP contribution in [0.3, 0.4) is 0 Å². The second kappa shape index (κ2) is 5.20. The first-order valence-corrected chi connectivity index (χ1v) is 7.02. The van der Waals surface area contributed by atoms with Gasteiger partial charge in [-0.3, -0.25) is 14.7 Å². The molecule has 1 aromatic heterocycles. The van der Waals surface area contributed by atoms with Gasteiger partial charge in [0.25, 0.3) is 0 Å². The Morgan fingerprint density at radius 3 is 2.86 bits per heavy atom. The maximum Gasteiger partial charge on any atom is 0.307 e. The van der Waals surface area contributed by atoms with E-state index >= 15 is 0 Å². The lowest BCUT2D eigenvalue weighted by molar-refractivity contribution is -0.145. The van der Waals surface area contributed by atoms with Crippen molar-refractivity contribution in [3.8, 4) is 0 Å². The van der Waals surface area contributed by atoms with Gasteiger partial charge >= 0.3 is 5.97 Å². The molecule has 1 aromatic carbocycles. The molecule has 0 saturated heterocycles. The number of rotatable bonds is 3. The topological polar surface area (TPSA) is 95.1 Å². The average molecular weight is 287 g/mol. The minimum absolute atomic E-state index is 0.222. The normalized spacial score (nSPS) is 25.1.